The predicted molar refractivity (Wildman–Crippen MR) is 71.3 cm³/mol. The highest BCUT2D eigenvalue weighted by atomic mass is 15.3. The van der Waals surface area contributed by atoms with Crippen LogP contribution in [0.2, 0.25) is 0 Å². The van der Waals surface area contributed by atoms with Crippen molar-refractivity contribution in [1.82, 2.24) is 14.8 Å². The summed E-state index contributed by atoms with van der Waals surface area (Å²) >= 11 is 0. The Labute approximate surface area is 109 Å². The molecule has 3 rings (SSSR count). The van der Waals surface area contributed by atoms with Gasteiger partial charge in [-0.3, -0.25) is 0 Å². The van der Waals surface area contributed by atoms with Gasteiger partial charge >= 0.3 is 0 Å². The smallest absolute Gasteiger partial charge is 0.139 e. The van der Waals surface area contributed by atoms with E-state index in [2.05, 4.69) is 21.7 Å². The fourth-order valence-corrected chi connectivity index (χ4v) is 3.77. The third-order valence-corrected chi connectivity index (χ3v) is 5.09. The second-order valence-electron chi connectivity index (χ2n) is 6.03. The SMILES string of the molecule is CCC1(c2nnc3n2CC(CN)CC3)CCCC1. The van der Waals surface area contributed by atoms with Crippen LogP contribution in [0.5, 0.6) is 0 Å². The van der Waals surface area contributed by atoms with Gasteiger partial charge in [-0.1, -0.05) is 19.8 Å². The average Bonchev–Trinajstić information content (AvgIpc) is 3.04. The molecule has 0 saturated heterocycles. The Kier molecular flexibility index (Phi) is 3.14. The largest absolute Gasteiger partial charge is 0.330 e. The summed E-state index contributed by atoms with van der Waals surface area (Å²) in [5, 5.41) is 9.00. The predicted octanol–water partition coefficient (Wildman–Crippen LogP) is 2.02. The fraction of sp³-hybridized carbons (Fsp3) is 0.857. The van der Waals surface area contributed by atoms with Gasteiger partial charge < -0.3 is 10.3 Å². The van der Waals surface area contributed by atoms with Crippen LogP contribution in [0.25, 0.3) is 0 Å². The molecule has 0 aromatic carbocycles. The highest BCUT2D eigenvalue weighted by Crippen LogP contribution is 2.43. The van der Waals surface area contributed by atoms with E-state index in [0.717, 1.165) is 19.5 Å². The van der Waals surface area contributed by atoms with Gasteiger partial charge in [-0.05, 0) is 38.1 Å². The Morgan fingerprint density at radius 2 is 2.11 bits per heavy atom. The van der Waals surface area contributed by atoms with Gasteiger partial charge in [-0.25, -0.2) is 0 Å². The number of hydrogen-bond donors (Lipinski definition) is 1. The number of nitrogens with two attached hydrogens (primary N) is 1. The maximum atomic E-state index is 5.84. The minimum absolute atomic E-state index is 0.307. The van der Waals surface area contributed by atoms with Crippen LogP contribution < -0.4 is 5.73 Å². The molecule has 1 fully saturated rings. The lowest BCUT2D eigenvalue weighted by Crippen LogP contribution is -2.32. The Balaban J connectivity index is 1.96. The Morgan fingerprint density at radius 1 is 1.33 bits per heavy atom. The van der Waals surface area contributed by atoms with E-state index >= 15 is 0 Å². The zero-order chi connectivity index (χ0) is 12.6. The van der Waals surface area contributed by atoms with E-state index in [1.165, 1.54) is 50.2 Å². The monoisotopic (exact) mass is 248 g/mol. The molecule has 4 heteroatoms. The van der Waals surface area contributed by atoms with Crippen LogP contribution in [0, 0.1) is 5.92 Å². The topological polar surface area (TPSA) is 56.7 Å². The maximum Gasteiger partial charge on any atom is 0.139 e. The molecule has 100 valence electrons. The molecule has 0 bridgehead atoms. The number of nitrogens with zero attached hydrogens (tertiary/aromatic N) is 3. The molecular formula is C14H24N4. The summed E-state index contributed by atoms with van der Waals surface area (Å²) in [5.41, 5.74) is 6.15. The van der Waals surface area contributed by atoms with Gasteiger partial charge in [0.1, 0.15) is 11.6 Å². The van der Waals surface area contributed by atoms with Crippen LogP contribution in [-0.4, -0.2) is 21.3 Å². The van der Waals surface area contributed by atoms with Crippen molar-refractivity contribution in [1.29, 1.82) is 0 Å². The van der Waals surface area contributed by atoms with Gasteiger partial charge in [0.25, 0.3) is 0 Å². The van der Waals surface area contributed by atoms with Crippen molar-refractivity contribution in [3.63, 3.8) is 0 Å². The normalized spacial score (nSPS) is 26.2. The number of rotatable bonds is 3. The first-order chi connectivity index (χ1) is 8.79. The summed E-state index contributed by atoms with van der Waals surface area (Å²) in [6, 6.07) is 0. The zero-order valence-corrected chi connectivity index (χ0v) is 11.4. The van der Waals surface area contributed by atoms with Crippen molar-refractivity contribution < 1.29 is 0 Å². The minimum atomic E-state index is 0.307. The van der Waals surface area contributed by atoms with Gasteiger partial charge in [0.2, 0.25) is 0 Å². The molecule has 2 N–H and O–H groups in total. The quantitative estimate of drug-likeness (QED) is 0.890. The van der Waals surface area contributed by atoms with Crippen molar-refractivity contribution in [2.24, 2.45) is 11.7 Å². The molecule has 1 aromatic heterocycles. The lowest BCUT2D eigenvalue weighted by Gasteiger charge is -2.30. The summed E-state index contributed by atoms with van der Waals surface area (Å²) in [6.45, 7) is 4.13. The van der Waals surface area contributed by atoms with Crippen molar-refractivity contribution >= 4 is 0 Å². The molecule has 2 heterocycles. The molecule has 1 aliphatic carbocycles. The number of fused-ring (bicyclic) bond motifs is 1. The molecule has 4 nitrogen and oxygen atoms in total. The molecule has 1 unspecified atom stereocenters. The van der Waals surface area contributed by atoms with E-state index in [0.29, 0.717) is 11.3 Å². The Morgan fingerprint density at radius 3 is 2.78 bits per heavy atom. The van der Waals surface area contributed by atoms with E-state index in [1.54, 1.807) is 0 Å². The van der Waals surface area contributed by atoms with Crippen LogP contribution in [0.4, 0.5) is 0 Å². The Bertz CT molecular complexity index is 417. The van der Waals surface area contributed by atoms with Gasteiger partial charge in [0.05, 0.1) is 0 Å². The molecule has 18 heavy (non-hydrogen) atoms. The lowest BCUT2D eigenvalue weighted by molar-refractivity contribution is 0.324. The number of hydrogen-bond acceptors (Lipinski definition) is 3. The van der Waals surface area contributed by atoms with Crippen LogP contribution in [0.1, 0.15) is 57.1 Å². The van der Waals surface area contributed by atoms with E-state index < -0.39 is 0 Å². The van der Waals surface area contributed by atoms with Crippen molar-refractivity contribution in [3.05, 3.63) is 11.6 Å². The fourth-order valence-electron chi connectivity index (χ4n) is 3.77. The molecule has 1 saturated carbocycles. The van der Waals surface area contributed by atoms with Crippen LogP contribution in [0.15, 0.2) is 0 Å². The average molecular weight is 248 g/mol. The summed E-state index contributed by atoms with van der Waals surface area (Å²) in [5.74, 6) is 3.06. The molecule has 1 aromatic rings. The second-order valence-corrected chi connectivity index (χ2v) is 6.03. The van der Waals surface area contributed by atoms with Crippen molar-refractivity contribution in [2.75, 3.05) is 6.54 Å². The molecule has 1 atom stereocenters. The van der Waals surface area contributed by atoms with E-state index in [4.69, 9.17) is 5.73 Å². The molecule has 0 radical (unpaired) electrons. The molecular weight excluding hydrogens is 224 g/mol. The first-order valence-corrected chi connectivity index (χ1v) is 7.41. The van der Waals surface area contributed by atoms with Gasteiger partial charge in [0, 0.05) is 18.4 Å². The van der Waals surface area contributed by atoms with Gasteiger partial charge in [0.15, 0.2) is 0 Å². The summed E-state index contributed by atoms with van der Waals surface area (Å²) in [7, 11) is 0. The molecule has 0 spiro atoms. The summed E-state index contributed by atoms with van der Waals surface area (Å²) < 4.78 is 2.40. The standard InChI is InChI=1S/C14H24N4/c1-2-14(7-3-4-8-14)13-17-16-12-6-5-11(9-15)10-18(12)13/h11H,2-10,15H2,1H3. The first-order valence-electron chi connectivity index (χ1n) is 7.41. The van der Waals surface area contributed by atoms with Crippen LogP contribution in [0.3, 0.4) is 0 Å². The number of aromatic nitrogens is 3. The van der Waals surface area contributed by atoms with Gasteiger partial charge in [-0.15, -0.1) is 10.2 Å². The Hall–Kier alpha value is -0.900. The van der Waals surface area contributed by atoms with Crippen molar-refractivity contribution in [3.8, 4) is 0 Å². The molecule has 0 amide bonds. The molecule has 1 aliphatic heterocycles. The van der Waals surface area contributed by atoms with Gasteiger partial charge in [-0.2, -0.15) is 0 Å². The number of aryl methyl sites for hydroxylation is 1. The van der Waals surface area contributed by atoms with E-state index in [9.17, 15) is 0 Å². The summed E-state index contributed by atoms with van der Waals surface area (Å²) in [4.78, 5) is 0. The van der Waals surface area contributed by atoms with E-state index in [-0.39, 0.29) is 0 Å². The van der Waals surface area contributed by atoms with Crippen molar-refractivity contribution in [2.45, 2.75) is 63.8 Å². The zero-order valence-electron chi connectivity index (χ0n) is 11.4. The van der Waals surface area contributed by atoms with E-state index in [1.807, 2.05) is 0 Å². The van der Waals surface area contributed by atoms with Crippen LogP contribution in [-0.2, 0) is 18.4 Å². The highest BCUT2D eigenvalue weighted by Gasteiger charge is 2.39. The minimum Gasteiger partial charge on any atom is -0.330 e. The summed E-state index contributed by atoms with van der Waals surface area (Å²) in [6.07, 6.45) is 8.68. The highest BCUT2D eigenvalue weighted by molar-refractivity contribution is 5.14. The third-order valence-electron chi connectivity index (χ3n) is 5.09. The van der Waals surface area contributed by atoms with Crippen LogP contribution >= 0.6 is 0 Å². The lowest BCUT2D eigenvalue weighted by atomic mass is 9.82. The second kappa shape index (κ2) is 4.65. The maximum absolute atomic E-state index is 5.84. The third kappa shape index (κ3) is 1.78. The first kappa shape index (κ1) is 12.2. The molecule has 2 aliphatic rings.